The van der Waals surface area contributed by atoms with E-state index in [0.717, 1.165) is 39.5 Å². The molecule has 1 unspecified atom stereocenters. The van der Waals surface area contributed by atoms with E-state index in [4.69, 9.17) is 11.6 Å². The van der Waals surface area contributed by atoms with E-state index < -0.39 is 44.0 Å². The van der Waals surface area contributed by atoms with Gasteiger partial charge >= 0.3 is 0 Å². The number of nitrogens with zero attached hydrogens (tertiary/aromatic N) is 5. The largest absolute Gasteiger partial charge is 0.363 e. The van der Waals surface area contributed by atoms with Crippen LogP contribution in [0.5, 0.6) is 0 Å². The number of rotatable bonds is 4. The van der Waals surface area contributed by atoms with E-state index in [0.29, 0.717) is 13.1 Å². The van der Waals surface area contributed by atoms with E-state index >= 15 is 0 Å². The summed E-state index contributed by atoms with van der Waals surface area (Å²) in [4.78, 5) is 72.3. The predicted octanol–water partition coefficient (Wildman–Crippen LogP) is 0.824. The molecule has 0 aliphatic carbocycles. The summed E-state index contributed by atoms with van der Waals surface area (Å²) in [7, 11) is 4.65. The zero-order valence-corrected chi connectivity index (χ0v) is 28.2. The molecule has 15 heteroatoms. The Hall–Kier alpha value is -4.11. The number of fused-ring (bicyclic) bond motifs is 11. The van der Waals surface area contributed by atoms with Gasteiger partial charge < -0.3 is 24.6 Å². The SMILES string of the molecule is CC(=O)[C@]12S[C@@]3(C[C@]4(n5cc(C[C@@]67NCCN[C@@](Cl)(C(=O)N6C)N(C)C7=O)c6ccccc65)c5ccccc5NC4N3C1=O)C(=O)N2C. The standard InChI is InChI=1S/C33H33ClN8O5S/c1-18(43)32-27(46)42-24-29(21-10-6-7-11-22(21)37-24,17-31(42,48-32)26(45)39(32)3)41-16-19(20-9-5-8-12-23(20)41)15-30-25(44)40(4)33(34,28(47)38(30)2)36-14-13-35-30/h5-12,16,24,35-37H,13-15,17H2,1-4H3/t24?,29-,30+,31-,32-,33-/m0/s1. The highest BCUT2D eigenvalue weighted by Crippen LogP contribution is 2.69. The van der Waals surface area contributed by atoms with Gasteiger partial charge in [-0.1, -0.05) is 59.8 Å². The number of amides is 4. The van der Waals surface area contributed by atoms with Crippen LogP contribution in [0, 0.1) is 0 Å². The van der Waals surface area contributed by atoms with Crippen molar-refractivity contribution in [1.82, 2.24) is 34.8 Å². The Labute approximate surface area is 284 Å². The zero-order valence-electron chi connectivity index (χ0n) is 26.7. The van der Waals surface area contributed by atoms with Crippen LogP contribution in [-0.4, -0.2) is 115 Å². The number of benzene rings is 2. The molecule has 8 heterocycles. The first-order valence-corrected chi connectivity index (χ1v) is 17.0. The fourth-order valence-corrected chi connectivity index (χ4v) is 11.4. The van der Waals surface area contributed by atoms with Crippen molar-refractivity contribution in [3.63, 3.8) is 0 Å². The third-order valence-electron chi connectivity index (χ3n) is 11.6. The second-order valence-electron chi connectivity index (χ2n) is 13.6. The second kappa shape index (κ2) is 9.11. The molecule has 1 aromatic heterocycles. The summed E-state index contributed by atoms with van der Waals surface area (Å²) in [6.45, 7) is 2.12. The number of carbonyl (C=O) groups excluding carboxylic acids is 5. The summed E-state index contributed by atoms with van der Waals surface area (Å²) in [6, 6.07) is 15.7. The van der Waals surface area contributed by atoms with Crippen LogP contribution in [0.2, 0.25) is 0 Å². The number of ketones is 1. The third-order valence-corrected chi connectivity index (χ3v) is 14.0. The van der Waals surface area contributed by atoms with Gasteiger partial charge in [0.1, 0.15) is 11.7 Å². The maximum atomic E-state index is 14.4. The minimum absolute atomic E-state index is 0.131. The van der Waals surface area contributed by atoms with Gasteiger partial charge in [0.25, 0.3) is 28.8 Å². The van der Waals surface area contributed by atoms with Gasteiger partial charge in [0.05, 0.1) is 0 Å². The number of likely N-dealkylation sites (N-methyl/N-ethyl adjacent to an activating group) is 3. The van der Waals surface area contributed by atoms with Gasteiger partial charge in [0, 0.05) is 75.4 Å². The number of Topliss-reactive ketones (excluding diaryl/α,β-unsaturated/α-hetero) is 1. The normalized spacial score (nSPS) is 36.5. The van der Waals surface area contributed by atoms with Crippen molar-refractivity contribution in [2.75, 3.05) is 39.5 Å². The maximum absolute atomic E-state index is 14.4. The molecule has 3 N–H and O–H groups in total. The average Bonchev–Trinajstić information content (AvgIpc) is 3.81. The predicted molar refractivity (Wildman–Crippen MR) is 177 cm³/mol. The van der Waals surface area contributed by atoms with Gasteiger partial charge in [-0.25, -0.2) is 0 Å². The lowest BCUT2D eigenvalue weighted by Gasteiger charge is -2.55. The van der Waals surface area contributed by atoms with E-state index in [1.165, 1.54) is 35.7 Å². The first-order valence-electron chi connectivity index (χ1n) is 15.9. The van der Waals surface area contributed by atoms with Crippen molar-refractivity contribution >= 4 is 69.4 Å². The minimum atomic E-state index is -1.69. The molecule has 3 aromatic rings. The summed E-state index contributed by atoms with van der Waals surface area (Å²) in [5.74, 6) is -1.86. The lowest BCUT2D eigenvalue weighted by atomic mass is 9.86. The van der Waals surface area contributed by atoms with Crippen LogP contribution in [0.25, 0.3) is 10.9 Å². The Morgan fingerprint density at radius 1 is 0.896 bits per heavy atom. The van der Waals surface area contributed by atoms with E-state index in [1.807, 2.05) is 54.7 Å². The molecule has 0 saturated carbocycles. The summed E-state index contributed by atoms with van der Waals surface area (Å²) >= 11 is 7.88. The van der Waals surface area contributed by atoms with Crippen molar-refractivity contribution in [2.24, 2.45) is 0 Å². The third kappa shape index (κ3) is 3.04. The van der Waals surface area contributed by atoms with Gasteiger partial charge in [0.2, 0.25) is 4.87 Å². The number of carbonyl (C=O) groups is 5. The van der Waals surface area contributed by atoms with Gasteiger partial charge in [-0.3, -0.25) is 39.5 Å². The smallest absolute Gasteiger partial charge is 0.281 e. The van der Waals surface area contributed by atoms with Crippen molar-refractivity contribution in [3.05, 3.63) is 65.9 Å². The molecule has 7 aliphatic rings. The topological polar surface area (TPSA) is 139 Å². The number of halogens is 1. The maximum Gasteiger partial charge on any atom is 0.281 e. The molecule has 13 nitrogen and oxygen atoms in total. The lowest BCUT2D eigenvalue weighted by molar-refractivity contribution is -0.176. The van der Waals surface area contributed by atoms with Crippen LogP contribution >= 0.6 is 23.4 Å². The van der Waals surface area contributed by atoms with Gasteiger partial charge in [-0.2, -0.15) is 0 Å². The number of piperazine rings is 2. The molecule has 7 aliphatic heterocycles. The van der Waals surface area contributed by atoms with E-state index in [9.17, 15) is 24.0 Å². The van der Waals surface area contributed by atoms with E-state index in [2.05, 4.69) is 20.5 Å². The number of anilines is 1. The Kier molecular flexibility index (Phi) is 5.69. The van der Waals surface area contributed by atoms with Crippen LogP contribution in [0.15, 0.2) is 54.7 Å². The van der Waals surface area contributed by atoms with Crippen molar-refractivity contribution < 1.29 is 24.0 Å². The van der Waals surface area contributed by atoms with Gasteiger partial charge in [-0.05, 0) is 24.6 Å². The minimum Gasteiger partial charge on any atom is -0.363 e. The molecular formula is C33H33ClN8O5S. The van der Waals surface area contributed by atoms with Crippen LogP contribution in [0.3, 0.4) is 0 Å². The Bertz CT molecular complexity index is 2060. The summed E-state index contributed by atoms with van der Waals surface area (Å²) in [5, 5.41) is 9.12. The Morgan fingerprint density at radius 3 is 2.38 bits per heavy atom. The summed E-state index contributed by atoms with van der Waals surface area (Å²) in [6.07, 6.45) is 1.65. The molecular weight excluding hydrogens is 656 g/mol. The van der Waals surface area contributed by atoms with Crippen LogP contribution < -0.4 is 16.0 Å². The molecule has 2 aromatic carbocycles. The molecule has 48 heavy (non-hydrogen) atoms. The fraction of sp³-hybridized carbons (Fsp3) is 0.424. The number of nitrogens with one attached hydrogen (secondary N) is 3. The number of aromatic nitrogens is 1. The first kappa shape index (κ1) is 30.0. The molecule has 4 bridgehead atoms. The van der Waals surface area contributed by atoms with Gasteiger partial charge in [0.15, 0.2) is 16.3 Å². The quantitative estimate of drug-likeness (QED) is 0.207. The molecule has 6 fully saturated rings. The highest BCUT2D eigenvalue weighted by molar-refractivity contribution is 8.05. The summed E-state index contributed by atoms with van der Waals surface area (Å²) in [5.41, 5.74) is 0.993. The molecule has 1 spiro atoms. The molecule has 248 valence electrons. The van der Waals surface area contributed by atoms with Crippen LogP contribution in [0.4, 0.5) is 5.69 Å². The Balaban J connectivity index is 1.25. The average molecular weight is 689 g/mol. The summed E-state index contributed by atoms with van der Waals surface area (Å²) < 4.78 is 2.13. The lowest BCUT2D eigenvalue weighted by Crippen LogP contribution is -2.83. The monoisotopic (exact) mass is 688 g/mol. The fourth-order valence-electron chi connectivity index (χ4n) is 9.23. The first-order chi connectivity index (χ1) is 22.8. The molecule has 0 radical (unpaired) electrons. The van der Waals surface area contributed by atoms with E-state index in [-0.39, 0.29) is 30.4 Å². The second-order valence-corrected chi connectivity index (χ2v) is 15.6. The molecule has 10 rings (SSSR count). The number of para-hydroxylation sites is 2. The molecule has 4 amide bonds. The number of hydrogen-bond acceptors (Lipinski definition) is 9. The zero-order chi connectivity index (χ0) is 33.8. The van der Waals surface area contributed by atoms with Crippen molar-refractivity contribution in [1.29, 1.82) is 0 Å². The van der Waals surface area contributed by atoms with Crippen LogP contribution in [0.1, 0.15) is 24.5 Å². The highest BCUT2D eigenvalue weighted by Gasteiger charge is 2.83. The van der Waals surface area contributed by atoms with Crippen LogP contribution in [-0.2, 0) is 35.9 Å². The number of hydrogen-bond donors (Lipinski definition) is 3. The number of alkyl halides is 1. The molecule has 6 atom stereocenters. The van der Waals surface area contributed by atoms with Gasteiger partial charge in [-0.15, -0.1) is 0 Å². The van der Waals surface area contributed by atoms with Crippen molar-refractivity contribution in [3.8, 4) is 0 Å². The Morgan fingerprint density at radius 2 is 1.60 bits per heavy atom. The highest BCUT2D eigenvalue weighted by atomic mass is 35.5. The molecule has 6 saturated heterocycles. The van der Waals surface area contributed by atoms with Crippen molar-refractivity contribution in [2.45, 2.75) is 52.0 Å². The number of thioether (sulfide) groups is 1. The van der Waals surface area contributed by atoms with E-state index in [1.54, 1.807) is 11.9 Å².